The molecule has 1 atom stereocenters. The second-order valence-corrected chi connectivity index (χ2v) is 5.61. The van der Waals surface area contributed by atoms with Gasteiger partial charge in [0.05, 0.1) is 23.7 Å². The van der Waals surface area contributed by atoms with Crippen LogP contribution in [0.2, 0.25) is 0 Å². The zero-order valence-electron chi connectivity index (χ0n) is 12.8. The third kappa shape index (κ3) is 3.02. The molecule has 1 amide bonds. The van der Waals surface area contributed by atoms with Crippen molar-refractivity contribution in [3.63, 3.8) is 0 Å². The maximum Gasteiger partial charge on any atom is 0.252 e. The maximum absolute atomic E-state index is 12.5. The highest BCUT2D eigenvalue weighted by Gasteiger charge is 2.25. The van der Waals surface area contributed by atoms with Gasteiger partial charge in [-0.1, -0.05) is 24.8 Å². The van der Waals surface area contributed by atoms with E-state index in [1.807, 2.05) is 29.2 Å². The number of rotatable bonds is 4. The van der Waals surface area contributed by atoms with E-state index in [0.717, 1.165) is 36.0 Å². The molecule has 2 heterocycles. The van der Waals surface area contributed by atoms with E-state index >= 15 is 0 Å². The van der Waals surface area contributed by atoms with Gasteiger partial charge in [-0.2, -0.15) is 5.26 Å². The van der Waals surface area contributed by atoms with Crippen molar-refractivity contribution in [2.75, 3.05) is 13.1 Å². The number of likely N-dealkylation sites (tertiary alicyclic amines) is 1. The fraction of sp³-hybridized carbons (Fsp3) is 0.278. The predicted molar refractivity (Wildman–Crippen MR) is 88.6 cm³/mol. The van der Waals surface area contributed by atoms with Gasteiger partial charge in [0.25, 0.3) is 5.91 Å². The number of amides is 1. The highest BCUT2D eigenvalue weighted by Crippen LogP contribution is 2.20. The van der Waals surface area contributed by atoms with E-state index in [2.05, 4.69) is 22.9 Å². The van der Waals surface area contributed by atoms with Crippen LogP contribution in [0.25, 0.3) is 10.9 Å². The van der Waals surface area contributed by atoms with Gasteiger partial charge in [0, 0.05) is 23.8 Å². The highest BCUT2D eigenvalue weighted by atomic mass is 16.1. The van der Waals surface area contributed by atoms with Crippen molar-refractivity contribution in [1.82, 2.24) is 15.2 Å². The normalized spacial score (nSPS) is 17.0. The van der Waals surface area contributed by atoms with Crippen LogP contribution in [0.5, 0.6) is 0 Å². The van der Waals surface area contributed by atoms with Crippen molar-refractivity contribution in [3.05, 3.63) is 54.4 Å². The van der Waals surface area contributed by atoms with Gasteiger partial charge in [-0.15, -0.1) is 0 Å². The summed E-state index contributed by atoms with van der Waals surface area (Å²) in [4.78, 5) is 18.7. The first-order valence-corrected chi connectivity index (χ1v) is 7.66. The maximum atomic E-state index is 12.5. The minimum Gasteiger partial charge on any atom is -0.358 e. The summed E-state index contributed by atoms with van der Waals surface area (Å²) in [6.45, 7) is 5.18. The Morgan fingerprint density at radius 2 is 2.26 bits per heavy atom. The lowest BCUT2D eigenvalue weighted by Gasteiger charge is -2.24. The van der Waals surface area contributed by atoms with Gasteiger partial charge in [-0.3, -0.25) is 9.78 Å². The zero-order chi connectivity index (χ0) is 16.2. The lowest BCUT2D eigenvalue weighted by molar-refractivity contribution is 0.0955. The minimum absolute atomic E-state index is 0.124. The molecule has 5 heteroatoms. The number of nitrogens with one attached hydrogen (secondary N) is 1. The van der Waals surface area contributed by atoms with Crippen molar-refractivity contribution in [1.29, 1.82) is 5.26 Å². The Kier molecular flexibility index (Phi) is 4.24. The molecule has 116 valence electrons. The van der Waals surface area contributed by atoms with Crippen molar-refractivity contribution in [3.8, 4) is 6.07 Å². The van der Waals surface area contributed by atoms with Crippen LogP contribution in [0.15, 0.2) is 48.8 Å². The standard InChI is InChI=1S/C18H18N4O/c1-13(22-10-4-5-14(22)11-19)12-21-18(23)16-8-9-20-17-7-3-2-6-15(16)17/h2-3,6-9,14H,1,4-5,10,12H2,(H,21,23). The number of carbonyl (C=O) groups excluding carboxylic acids is 1. The molecule has 0 radical (unpaired) electrons. The average molecular weight is 306 g/mol. The number of fused-ring (bicyclic) bond motifs is 1. The van der Waals surface area contributed by atoms with E-state index in [0.29, 0.717) is 12.1 Å². The van der Waals surface area contributed by atoms with Gasteiger partial charge >= 0.3 is 0 Å². The number of nitrogens with zero attached hydrogens (tertiary/aromatic N) is 3. The van der Waals surface area contributed by atoms with Crippen molar-refractivity contribution in [2.24, 2.45) is 0 Å². The average Bonchev–Trinajstić information content (AvgIpc) is 3.07. The van der Waals surface area contributed by atoms with Crippen LogP contribution in [-0.4, -0.2) is 34.9 Å². The van der Waals surface area contributed by atoms with Gasteiger partial charge in [0.1, 0.15) is 6.04 Å². The summed E-state index contributed by atoms with van der Waals surface area (Å²) in [7, 11) is 0. The molecule has 1 fully saturated rings. The smallest absolute Gasteiger partial charge is 0.252 e. The molecule has 3 rings (SSSR count). The van der Waals surface area contributed by atoms with Crippen LogP contribution >= 0.6 is 0 Å². The first-order valence-electron chi connectivity index (χ1n) is 7.66. The molecule has 1 aromatic carbocycles. The van der Waals surface area contributed by atoms with Crippen LogP contribution in [0, 0.1) is 11.3 Å². The van der Waals surface area contributed by atoms with Crippen molar-refractivity contribution in [2.45, 2.75) is 18.9 Å². The molecule has 1 N–H and O–H groups in total. The molecule has 5 nitrogen and oxygen atoms in total. The molecule has 1 aromatic heterocycles. The summed E-state index contributed by atoms with van der Waals surface area (Å²) < 4.78 is 0. The third-order valence-electron chi connectivity index (χ3n) is 4.15. The largest absolute Gasteiger partial charge is 0.358 e. The third-order valence-corrected chi connectivity index (χ3v) is 4.15. The molecule has 0 aliphatic carbocycles. The lowest BCUT2D eigenvalue weighted by atomic mass is 10.1. The van der Waals surface area contributed by atoms with Gasteiger partial charge in [-0.05, 0) is 25.0 Å². The number of nitriles is 1. The van der Waals surface area contributed by atoms with Crippen LogP contribution in [-0.2, 0) is 0 Å². The van der Waals surface area contributed by atoms with E-state index in [4.69, 9.17) is 5.26 Å². The van der Waals surface area contributed by atoms with Crippen LogP contribution < -0.4 is 5.32 Å². The fourth-order valence-corrected chi connectivity index (χ4v) is 2.95. The molecule has 1 aliphatic rings. The summed E-state index contributed by atoms with van der Waals surface area (Å²) in [6.07, 6.45) is 3.48. The Morgan fingerprint density at radius 1 is 1.43 bits per heavy atom. The Hall–Kier alpha value is -2.87. The Labute approximate surface area is 135 Å². The summed E-state index contributed by atoms with van der Waals surface area (Å²) in [6, 6.07) is 11.4. The van der Waals surface area contributed by atoms with Gasteiger partial charge in [-0.25, -0.2) is 0 Å². The van der Waals surface area contributed by atoms with Crippen LogP contribution in [0.3, 0.4) is 0 Å². The Bertz CT molecular complexity index is 788. The quantitative estimate of drug-likeness (QED) is 0.942. The van der Waals surface area contributed by atoms with E-state index in [1.54, 1.807) is 12.3 Å². The Balaban J connectivity index is 1.70. The second-order valence-electron chi connectivity index (χ2n) is 5.61. The zero-order valence-corrected chi connectivity index (χ0v) is 12.8. The van der Waals surface area contributed by atoms with E-state index < -0.39 is 0 Å². The summed E-state index contributed by atoms with van der Waals surface area (Å²) in [5.74, 6) is -0.155. The summed E-state index contributed by atoms with van der Waals surface area (Å²) in [5, 5.41) is 12.9. The number of carbonyl (C=O) groups is 1. The first kappa shape index (κ1) is 15.0. The number of benzene rings is 1. The topological polar surface area (TPSA) is 69.0 Å². The molecule has 23 heavy (non-hydrogen) atoms. The molecule has 1 saturated heterocycles. The SMILES string of the molecule is C=C(CNC(=O)c1ccnc2ccccc12)N1CCCC1C#N. The molecule has 1 aliphatic heterocycles. The van der Waals surface area contributed by atoms with Gasteiger partial charge in [0.2, 0.25) is 0 Å². The number of hydrogen-bond donors (Lipinski definition) is 1. The summed E-state index contributed by atoms with van der Waals surface area (Å²) in [5.41, 5.74) is 2.17. The highest BCUT2D eigenvalue weighted by molar-refractivity contribution is 6.05. The van der Waals surface area contributed by atoms with E-state index in [1.165, 1.54) is 0 Å². The van der Waals surface area contributed by atoms with Crippen molar-refractivity contribution >= 4 is 16.8 Å². The first-order chi connectivity index (χ1) is 11.2. The van der Waals surface area contributed by atoms with Gasteiger partial charge in [0.15, 0.2) is 0 Å². The van der Waals surface area contributed by atoms with E-state index in [9.17, 15) is 4.79 Å². The molecular weight excluding hydrogens is 288 g/mol. The minimum atomic E-state index is -0.155. The molecule has 0 saturated carbocycles. The van der Waals surface area contributed by atoms with Gasteiger partial charge < -0.3 is 10.2 Å². The van der Waals surface area contributed by atoms with Crippen molar-refractivity contribution < 1.29 is 4.79 Å². The summed E-state index contributed by atoms with van der Waals surface area (Å²) >= 11 is 0. The molecular formula is C18H18N4O. The second kappa shape index (κ2) is 6.49. The molecule has 2 aromatic rings. The predicted octanol–water partition coefficient (Wildman–Crippen LogP) is 2.47. The molecule has 0 spiro atoms. The fourth-order valence-electron chi connectivity index (χ4n) is 2.95. The monoisotopic (exact) mass is 306 g/mol. The molecule has 0 bridgehead atoms. The molecule has 1 unspecified atom stereocenters. The number of aromatic nitrogens is 1. The van der Waals surface area contributed by atoms with Crippen LogP contribution in [0.4, 0.5) is 0 Å². The lowest BCUT2D eigenvalue weighted by Crippen LogP contribution is -2.34. The number of pyridine rings is 1. The van der Waals surface area contributed by atoms with Crippen LogP contribution in [0.1, 0.15) is 23.2 Å². The number of hydrogen-bond acceptors (Lipinski definition) is 4. The van der Waals surface area contributed by atoms with E-state index in [-0.39, 0.29) is 11.9 Å². The number of para-hydroxylation sites is 1. The Morgan fingerprint density at radius 3 is 3.09 bits per heavy atom.